The molecule has 2 aromatic rings. The molecule has 2 amide bonds. The molecular formula is C23H26N2O3. The average Bonchev–Trinajstić information content (AvgIpc) is 3.50. The number of carbonyl (C=O) groups is 3. The van der Waals surface area contributed by atoms with Crippen LogP contribution < -0.4 is 5.32 Å². The van der Waals surface area contributed by atoms with Crippen molar-refractivity contribution in [2.45, 2.75) is 33.6 Å². The first-order chi connectivity index (χ1) is 13.4. The van der Waals surface area contributed by atoms with Crippen molar-refractivity contribution in [2.75, 3.05) is 18.4 Å². The van der Waals surface area contributed by atoms with Crippen LogP contribution in [0.15, 0.2) is 48.5 Å². The van der Waals surface area contributed by atoms with Gasteiger partial charge in [-0.25, -0.2) is 0 Å². The summed E-state index contributed by atoms with van der Waals surface area (Å²) in [6.07, 6.45) is 1.07. The number of amides is 2. The first-order valence-electron chi connectivity index (χ1n) is 9.64. The van der Waals surface area contributed by atoms with E-state index in [4.69, 9.17) is 0 Å². The molecule has 0 bridgehead atoms. The summed E-state index contributed by atoms with van der Waals surface area (Å²) in [5.74, 6) is -0.650. The van der Waals surface area contributed by atoms with E-state index in [0.717, 1.165) is 16.8 Å². The van der Waals surface area contributed by atoms with E-state index in [1.165, 1.54) is 4.90 Å². The third-order valence-electron chi connectivity index (χ3n) is 5.38. The summed E-state index contributed by atoms with van der Waals surface area (Å²) in [4.78, 5) is 40.1. The second-order valence-corrected chi connectivity index (χ2v) is 7.41. The van der Waals surface area contributed by atoms with E-state index >= 15 is 0 Å². The zero-order valence-electron chi connectivity index (χ0n) is 16.6. The molecule has 0 atom stereocenters. The van der Waals surface area contributed by atoms with Gasteiger partial charge in [-0.3, -0.25) is 14.4 Å². The van der Waals surface area contributed by atoms with Crippen LogP contribution in [-0.2, 0) is 9.59 Å². The second kappa shape index (κ2) is 7.97. The molecule has 0 aliphatic heterocycles. The maximum absolute atomic E-state index is 13.1. The van der Waals surface area contributed by atoms with E-state index in [0.29, 0.717) is 24.9 Å². The highest BCUT2D eigenvalue weighted by Crippen LogP contribution is 2.49. The van der Waals surface area contributed by atoms with Crippen LogP contribution >= 0.6 is 0 Å². The predicted octanol–water partition coefficient (Wildman–Crippen LogP) is 3.75. The van der Waals surface area contributed by atoms with Gasteiger partial charge in [0.25, 0.3) is 0 Å². The molecule has 5 heteroatoms. The Hall–Kier alpha value is -2.95. The number of anilines is 1. The van der Waals surface area contributed by atoms with Crippen molar-refractivity contribution in [3.8, 4) is 0 Å². The van der Waals surface area contributed by atoms with Gasteiger partial charge < -0.3 is 10.2 Å². The fraction of sp³-hybridized carbons (Fsp3) is 0.348. The smallest absolute Gasteiger partial charge is 0.244 e. The van der Waals surface area contributed by atoms with Crippen LogP contribution in [0, 0.1) is 19.3 Å². The highest BCUT2D eigenvalue weighted by Gasteiger charge is 2.57. The minimum absolute atomic E-state index is 0.0626. The molecule has 146 valence electrons. The lowest BCUT2D eigenvalue weighted by atomic mass is 9.93. The Morgan fingerprint density at radius 3 is 2.11 bits per heavy atom. The topological polar surface area (TPSA) is 66.5 Å². The minimum Gasteiger partial charge on any atom is -0.333 e. The number of hydrogen-bond acceptors (Lipinski definition) is 3. The quantitative estimate of drug-likeness (QED) is 0.589. The molecule has 0 saturated heterocycles. The van der Waals surface area contributed by atoms with Crippen LogP contribution in [0.4, 0.5) is 5.69 Å². The number of likely N-dealkylation sites (N-methyl/N-ethyl adjacent to an activating group) is 1. The van der Waals surface area contributed by atoms with E-state index in [9.17, 15) is 14.4 Å². The maximum atomic E-state index is 13.1. The molecule has 1 N–H and O–H groups in total. The number of ketones is 1. The van der Waals surface area contributed by atoms with Crippen molar-refractivity contribution in [2.24, 2.45) is 5.41 Å². The summed E-state index contributed by atoms with van der Waals surface area (Å²) >= 11 is 0. The van der Waals surface area contributed by atoms with Crippen molar-refractivity contribution >= 4 is 23.3 Å². The molecular weight excluding hydrogens is 352 g/mol. The minimum atomic E-state index is -1.00. The lowest BCUT2D eigenvalue weighted by Gasteiger charge is -2.25. The van der Waals surface area contributed by atoms with Crippen molar-refractivity contribution in [1.29, 1.82) is 0 Å². The Labute approximate surface area is 165 Å². The standard InChI is InChI=1S/C23H26N2O3/c1-4-25(15-19(26)24-20-16(2)9-8-10-17(20)3)22(28)23(13-14-23)21(27)18-11-6-5-7-12-18/h5-12H,4,13-15H2,1-3H3,(H,24,26). The van der Waals surface area contributed by atoms with Crippen molar-refractivity contribution in [1.82, 2.24) is 4.90 Å². The Morgan fingerprint density at radius 1 is 0.964 bits per heavy atom. The van der Waals surface area contributed by atoms with Gasteiger partial charge in [-0.15, -0.1) is 0 Å². The lowest BCUT2D eigenvalue weighted by molar-refractivity contribution is -0.137. The number of nitrogens with one attached hydrogen (secondary N) is 1. The molecule has 0 aromatic heterocycles. The van der Waals surface area contributed by atoms with Gasteiger partial charge in [0.05, 0.1) is 6.54 Å². The Bertz CT molecular complexity index is 881. The van der Waals surface area contributed by atoms with Crippen LogP contribution in [0.25, 0.3) is 0 Å². The summed E-state index contributed by atoms with van der Waals surface area (Å²) < 4.78 is 0. The Balaban J connectivity index is 1.72. The number of nitrogens with zero attached hydrogens (tertiary/aromatic N) is 1. The summed E-state index contributed by atoms with van der Waals surface area (Å²) in [6, 6.07) is 14.7. The third kappa shape index (κ3) is 3.84. The fourth-order valence-electron chi connectivity index (χ4n) is 3.52. The van der Waals surface area contributed by atoms with Crippen LogP contribution in [0.5, 0.6) is 0 Å². The zero-order chi connectivity index (χ0) is 20.3. The number of hydrogen-bond donors (Lipinski definition) is 1. The van der Waals surface area contributed by atoms with Crippen molar-refractivity contribution < 1.29 is 14.4 Å². The highest BCUT2D eigenvalue weighted by atomic mass is 16.2. The van der Waals surface area contributed by atoms with Gasteiger partial charge in [-0.2, -0.15) is 0 Å². The third-order valence-corrected chi connectivity index (χ3v) is 5.38. The first-order valence-corrected chi connectivity index (χ1v) is 9.64. The molecule has 0 heterocycles. The molecule has 1 fully saturated rings. The van der Waals surface area contributed by atoms with E-state index < -0.39 is 5.41 Å². The van der Waals surface area contributed by atoms with E-state index in [1.807, 2.05) is 45.0 Å². The lowest BCUT2D eigenvalue weighted by Crippen LogP contribution is -2.44. The summed E-state index contributed by atoms with van der Waals surface area (Å²) in [5, 5.41) is 2.91. The maximum Gasteiger partial charge on any atom is 0.244 e. The number of para-hydroxylation sites is 1. The van der Waals surface area contributed by atoms with E-state index in [-0.39, 0.29) is 24.1 Å². The number of aryl methyl sites for hydroxylation is 2. The van der Waals surface area contributed by atoms with Crippen LogP contribution in [0.3, 0.4) is 0 Å². The number of carbonyl (C=O) groups excluding carboxylic acids is 3. The van der Waals surface area contributed by atoms with E-state index in [1.54, 1.807) is 24.3 Å². The Kier molecular flexibility index (Phi) is 5.63. The van der Waals surface area contributed by atoms with Gasteiger partial charge in [0.2, 0.25) is 11.8 Å². The van der Waals surface area contributed by atoms with Crippen LogP contribution in [-0.4, -0.2) is 35.6 Å². The Morgan fingerprint density at radius 2 is 1.57 bits per heavy atom. The van der Waals surface area contributed by atoms with E-state index in [2.05, 4.69) is 5.32 Å². The average molecular weight is 378 g/mol. The van der Waals surface area contributed by atoms with Gasteiger partial charge >= 0.3 is 0 Å². The summed E-state index contributed by atoms with van der Waals surface area (Å²) in [6.45, 7) is 6.01. The number of Topliss-reactive ketones (excluding diaryl/α,β-unsaturated/α-hetero) is 1. The van der Waals surface area contributed by atoms with Gasteiger partial charge in [0, 0.05) is 17.8 Å². The van der Waals surface area contributed by atoms with Gasteiger partial charge in [0.1, 0.15) is 5.41 Å². The van der Waals surface area contributed by atoms with Gasteiger partial charge in [-0.05, 0) is 44.7 Å². The van der Waals surface area contributed by atoms with Crippen molar-refractivity contribution in [3.63, 3.8) is 0 Å². The highest BCUT2D eigenvalue weighted by molar-refractivity contribution is 6.16. The molecule has 0 spiro atoms. The van der Waals surface area contributed by atoms with Gasteiger partial charge in [0.15, 0.2) is 5.78 Å². The summed E-state index contributed by atoms with van der Waals surface area (Å²) in [5.41, 5.74) is 2.26. The largest absolute Gasteiger partial charge is 0.333 e. The first kappa shape index (κ1) is 19.8. The molecule has 1 aliphatic carbocycles. The number of rotatable bonds is 7. The second-order valence-electron chi connectivity index (χ2n) is 7.41. The molecule has 2 aromatic carbocycles. The zero-order valence-corrected chi connectivity index (χ0v) is 16.6. The molecule has 5 nitrogen and oxygen atoms in total. The predicted molar refractivity (Wildman–Crippen MR) is 109 cm³/mol. The molecule has 0 unspecified atom stereocenters. The normalized spacial score (nSPS) is 14.2. The molecule has 1 saturated carbocycles. The monoisotopic (exact) mass is 378 g/mol. The van der Waals surface area contributed by atoms with Crippen LogP contribution in [0.1, 0.15) is 41.3 Å². The molecule has 0 radical (unpaired) electrons. The molecule has 3 rings (SSSR count). The molecule has 1 aliphatic rings. The summed E-state index contributed by atoms with van der Waals surface area (Å²) in [7, 11) is 0. The SMILES string of the molecule is CCN(CC(=O)Nc1c(C)cccc1C)C(=O)C1(C(=O)c2ccccc2)CC1. The number of benzene rings is 2. The molecule has 28 heavy (non-hydrogen) atoms. The van der Waals surface area contributed by atoms with Crippen LogP contribution in [0.2, 0.25) is 0 Å². The van der Waals surface area contributed by atoms with Crippen molar-refractivity contribution in [3.05, 3.63) is 65.2 Å². The fourth-order valence-corrected chi connectivity index (χ4v) is 3.52. The van der Waals surface area contributed by atoms with Gasteiger partial charge in [-0.1, -0.05) is 48.5 Å².